The van der Waals surface area contributed by atoms with Crippen LogP contribution in [0.25, 0.3) is 0 Å². The summed E-state index contributed by atoms with van der Waals surface area (Å²) in [6.07, 6.45) is 0. The maximum atomic E-state index is 13.2. The van der Waals surface area contributed by atoms with Crippen molar-refractivity contribution in [3.05, 3.63) is 77.4 Å². The van der Waals surface area contributed by atoms with E-state index >= 15 is 0 Å². The second-order valence-corrected chi connectivity index (χ2v) is 5.68. The number of aryl methyl sites for hydroxylation is 2. The molecule has 0 spiro atoms. The Kier molecular flexibility index (Phi) is 4.79. The van der Waals surface area contributed by atoms with E-state index in [1.165, 1.54) is 12.1 Å². The first kappa shape index (κ1) is 16.7. The molecule has 1 N–H and O–H groups in total. The molecule has 0 atom stereocenters. The Balaban J connectivity index is 1.59. The number of halogens is 1. The maximum absolute atomic E-state index is 13.2. The van der Waals surface area contributed by atoms with Crippen molar-refractivity contribution >= 4 is 5.91 Å². The fourth-order valence-electron chi connectivity index (χ4n) is 2.44. The molecule has 128 valence electrons. The summed E-state index contributed by atoms with van der Waals surface area (Å²) in [6.45, 7) is 2.23. The topological polar surface area (TPSA) is 56.1 Å². The monoisotopic (exact) mass is 339 g/mol. The number of carbonyl (C=O) groups is 1. The molecule has 0 aliphatic heterocycles. The lowest BCUT2D eigenvalue weighted by Gasteiger charge is -2.08. The van der Waals surface area contributed by atoms with E-state index in [1.54, 1.807) is 42.1 Å². The summed E-state index contributed by atoms with van der Waals surface area (Å²) >= 11 is 0. The van der Waals surface area contributed by atoms with Crippen molar-refractivity contribution in [2.45, 2.75) is 13.5 Å². The summed E-state index contributed by atoms with van der Waals surface area (Å²) in [7, 11) is 1.74. The van der Waals surface area contributed by atoms with Crippen molar-refractivity contribution in [2.75, 3.05) is 0 Å². The average molecular weight is 339 g/mol. The van der Waals surface area contributed by atoms with Crippen LogP contribution in [-0.4, -0.2) is 15.7 Å². The van der Waals surface area contributed by atoms with Crippen LogP contribution in [0.1, 0.15) is 21.7 Å². The lowest BCUT2D eigenvalue weighted by Crippen LogP contribution is -2.25. The molecule has 25 heavy (non-hydrogen) atoms. The summed E-state index contributed by atoms with van der Waals surface area (Å²) in [5, 5.41) is 7.01. The molecule has 0 saturated carbocycles. The molecule has 0 fully saturated rings. The second-order valence-electron chi connectivity index (χ2n) is 5.68. The van der Waals surface area contributed by atoms with Gasteiger partial charge in [0.2, 0.25) is 0 Å². The zero-order valence-corrected chi connectivity index (χ0v) is 14.0. The van der Waals surface area contributed by atoms with Crippen LogP contribution in [0.15, 0.2) is 54.6 Å². The minimum Gasteiger partial charge on any atom is -0.457 e. The Morgan fingerprint density at radius 1 is 1.16 bits per heavy atom. The largest absolute Gasteiger partial charge is 0.457 e. The van der Waals surface area contributed by atoms with Gasteiger partial charge in [0.25, 0.3) is 5.91 Å². The van der Waals surface area contributed by atoms with Gasteiger partial charge in [0.05, 0.1) is 5.69 Å². The average Bonchev–Trinajstić information content (AvgIpc) is 2.92. The van der Waals surface area contributed by atoms with E-state index in [-0.39, 0.29) is 11.7 Å². The fraction of sp³-hybridized carbons (Fsp3) is 0.158. The van der Waals surface area contributed by atoms with Crippen LogP contribution in [-0.2, 0) is 13.6 Å². The van der Waals surface area contributed by atoms with Crippen molar-refractivity contribution in [1.29, 1.82) is 0 Å². The highest BCUT2D eigenvalue weighted by Gasteiger charge is 2.11. The normalized spacial score (nSPS) is 10.5. The molecule has 0 saturated heterocycles. The number of benzene rings is 2. The number of rotatable bonds is 5. The van der Waals surface area contributed by atoms with Gasteiger partial charge in [-0.3, -0.25) is 9.48 Å². The Morgan fingerprint density at radius 2 is 1.92 bits per heavy atom. The summed E-state index contributed by atoms with van der Waals surface area (Å²) in [6, 6.07) is 15.0. The van der Waals surface area contributed by atoms with E-state index in [9.17, 15) is 9.18 Å². The van der Waals surface area contributed by atoms with Crippen LogP contribution in [0.5, 0.6) is 11.5 Å². The van der Waals surface area contributed by atoms with Gasteiger partial charge in [-0.1, -0.05) is 18.2 Å². The number of hydrogen-bond donors (Lipinski definition) is 1. The molecule has 0 radical (unpaired) electrons. The van der Waals surface area contributed by atoms with Crippen LogP contribution in [0.3, 0.4) is 0 Å². The Labute approximate surface area is 145 Å². The molecule has 1 aromatic heterocycles. The smallest absolute Gasteiger partial charge is 0.269 e. The molecule has 6 heteroatoms. The molecule has 0 unspecified atom stereocenters. The number of amides is 1. The number of nitrogens with zero attached hydrogens (tertiary/aromatic N) is 2. The van der Waals surface area contributed by atoms with Crippen LogP contribution in [0.2, 0.25) is 0 Å². The summed E-state index contributed by atoms with van der Waals surface area (Å²) in [5.41, 5.74) is 2.24. The lowest BCUT2D eigenvalue weighted by atomic mass is 10.2. The van der Waals surface area contributed by atoms with Crippen LogP contribution in [0, 0.1) is 12.7 Å². The van der Waals surface area contributed by atoms with Gasteiger partial charge < -0.3 is 10.1 Å². The minimum absolute atomic E-state index is 0.178. The Morgan fingerprint density at radius 3 is 2.56 bits per heavy atom. The molecular weight excluding hydrogens is 321 g/mol. The molecule has 1 amide bonds. The zero-order valence-electron chi connectivity index (χ0n) is 14.0. The van der Waals surface area contributed by atoms with Gasteiger partial charge in [0, 0.05) is 19.7 Å². The van der Waals surface area contributed by atoms with Crippen molar-refractivity contribution < 1.29 is 13.9 Å². The maximum Gasteiger partial charge on any atom is 0.269 e. The molecule has 3 aromatic rings. The zero-order chi connectivity index (χ0) is 17.8. The number of nitrogens with one attached hydrogen (secondary N) is 1. The summed E-state index contributed by atoms with van der Waals surface area (Å²) < 4.78 is 20.3. The van der Waals surface area contributed by atoms with E-state index in [4.69, 9.17) is 4.74 Å². The van der Waals surface area contributed by atoms with E-state index in [1.807, 2.05) is 19.1 Å². The number of hydrogen-bond acceptors (Lipinski definition) is 3. The van der Waals surface area contributed by atoms with Crippen molar-refractivity contribution in [3.8, 4) is 11.5 Å². The van der Waals surface area contributed by atoms with E-state index in [0.29, 0.717) is 23.7 Å². The highest BCUT2D eigenvalue weighted by molar-refractivity contribution is 5.92. The van der Waals surface area contributed by atoms with Crippen LogP contribution in [0.4, 0.5) is 4.39 Å². The third kappa shape index (κ3) is 4.23. The lowest BCUT2D eigenvalue weighted by molar-refractivity contribution is 0.0941. The summed E-state index contributed by atoms with van der Waals surface area (Å²) in [5.74, 6) is 0.515. The van der Waals surface area contributed by atoms with E-state index in [2.05, 4.69) is 10.4 Å². The van der Waals surface area contributed by atoms with Gasteiger partial charge in [-0.05, 0) is 42.8 Å². The first-order valence-corrected chi connectivity index (χ1v) is 7.82. The van der Waals surface area contributed by atoms with Crippen LogP contribution >= 0.6 is 0 Å². The number of aromatic nitrogens is 2. The Bertz CT molecular complexity index is 888. The number of ether oxygens (including phenoxy) is 1. The standard InChI is InChI=1S/C19H18FN3O2/c1-13-10-18(23(2)22-13)19(24)21-12-14-6-8-16(9-7-14)25-17-5-3-4-15(20)11-17/h3-11H,12H2,1-2H3,(H,21,24). The second kappa shape index (κ2) is 7.17. The van der Waals surface area contributed by atoms with Crippen molar-refractivity contribution in [2.24, 2.45) is 7.05 Å². The highest BCUT2D eigenvalue weighted by atomic mass is 19.1. The quantitative estimate of drug-likeness (QED) is 0.773. The SMILES string of the molecule is Cc1cc(C(=O)NCc2ccc(Oc3cccc(F)c3)cc2)n(C)n1. The highest BCUT2D eigenvalue weighted by Crippen LogP contribution is 2.22. The predicted molar refractivity (Wildman–Crippen MR) is 92.0 cm³/mol. The molecular formula is C19H18FN3O2. The molecule has 5 nitrogen and oxygen atoms in total. The van der Waals surface area contributed by atoms with E-state index in [0.717, 1.165) is 11.3 Å². The third-order valence-electron chi connectivity index (χ3n) is 3.64. The van der Waals surface area contributed by atoms with Gasteiger partial charge in [-0.25, -0.2) is 4.39 Å². The molecule has 3 rings (SSSR count). The first-order chi connectivity index (χ1) is 12.0. The molecule has 0 aliphatic carbocycles. The first-order valence-electron chi connectivity index (χ1n) is 7.82. The molecule has 2 aromatic carbocycles. The van der Waals surface area contributed by atoms with Crippen molar-refractivity contribution in [1.82, 2.24) is 15.1 Å². The van der Waals surface area contributed by atoms with E-state index < -0.39 is 0 Å². The van der Waals surface area contributed by atoms with Gasteiger partial charge >= 0.3 is 0 Å². The van der Waals surface area contributed by atoms with Gasteiger partial charge in [0.15, 0.2) is 0 Å². The predicted octanol–water partition coefficient (Wildman–Crippen LogP) is 3.59. The molecule has 0 bridgehead atoms. The third-order valence-corrected chi connectivity index (χ3v) is 3.64. The minimum atomic E-state index is -0.345. The molecule has 0 aliphatic rings. The molecule has 1 heterocycles. The van der Waals surface area contributed by atoms with Gasteiger partial charge in [0.1, 0.15) is 23.0 Å². The van der Waals surface area contributed by atoms with Gasteiger partial charge in [-0.2, -0.15) is 5.10 Å². The summed E-state index contributed by atoms with van der Waals surface area (Å²) in [4.78, 5) is 12.2. The fourth-order valence-corrected chi connectivity index (χ4v) is 2.44. The Hall–Kier alpha value is -3.15. The van der Waals surface area contributed by atoms with Crippen molar-refractivity contribution in [3.63, 3.8) is 0 Å². The van der Waals surface area contributed by atoms with Gasteiger partial charge in [-0.15, -0.1) is 0 Å². The number of carbonyl (C=O) groups excluding carboxylic acids is 1. The van der Waals surface area contributed by atoms with Crippen LogP contribution < -0.4 is 10.1 Å².